The summed E-state index contributed by atoms with van der Waals surface area (Å²) in [6.45, 7) is 6.41. The zero-order valence-corrected chi connectivity index (χ0v) is 15.8. The fourth-order valence-corrected chi connectivity index (χ4v) is 2.56. The summed E-state index contributed by atoms with van der Waals surface area (Å²) in [5.41, 5.74) is 2.01. The van der Waals surface area contributed by atoms with Crippen molar-refractivity contribution in [2.75, 3.05) is 18.5 Å². The zero-order chi connectivity index (χ0) is 19.8. The Labute approximate surface area is 159 Å². The van der Waals surface area contributed by atoms with Gasteiger partial charge in [0.1, 0.15) is 0 Å². The predicted molar refractivity (Wildman–Crippen MR) is 104 cm³/mol. The van der Waals surface area contributed by atoms with Crippen LogP contribution in [0.1, 0.15) is 36.7 Å². The standard InChI is InChI=1S/C21H25NO5/c1-4-26-18-11-8-16(13-19(18)27-5-2)20(23)22-17-9-6-15(7-10-17)12-14(3)21(24)25/h6-11,13-14H,4-5,12H2,1-3H3,(H,22,23)(H,24,25). The number of hydrogen-bond donors (Lipinski definition) is 2. The molecule has 2 N–H and O–H groups in total. The summed E-state index contributed by atoms with van der Waals surface area (Å²) in [6, 6.07) is 12.2. The largest absolute Gasteiger partial charge is 0.490 e. The fraction of sp³-hybridized carbons (Fsp3) is 0.333. The minimum Gasteiger partial charge on any atom is -0.490 e. The number of carboxylic acid groups (broad SMARTS) is 1. The molecule has 6 nitrogen and oxygen atoms in total. The van der Waals surface area contributed by atoms with Gasteiger partial charge in [-0.25, -0.2) is 0 Å². The number of hydrogen-bond acceptors (Lipinski definition) is 4. The van der Waals surface area contributed by atoms with Gasteiger partial charge >= 0.3 is 5.97 Å². The second-order valence-corrected chi connectivity index (χ2v) is 6.12. The van der Waals surface area contributed by atoms with Crippen LogP contribution in [0.3, 0.4) is 0 Å². The fourth-order valence-electron chi connectivity index (χ4n) is 2.56. The molecule has 6 heteroatoms. The molecule has 0 radical (unpaired) electrons. The summed E-state index contributed by atoms with van der Waals surface area (Å²) in [5.74, 6) is -0.400. The summed E-state index contributed by atoms with van der Waals surface area (Å²) in [4.78, 5) is 23.4. The highest BCUT2D eigenvalue weighted by molar-refractivity contribution is 6.04. The predicted octanol–water partition coefficient (Wildman–Crippen LogP) is 4.00. The third kappa shape index (κ3) is 5.74. The lowest BCUT2D eigenvalue weighted by molar-refractivity contribution is -0.141. The molecule has 0 saturated carbocycles. The van der Waals surface area contributed by atoms with E-state index in [0.29, 0.717) is 42.4 Å². The molecule has 0 aliphatic heterocycles. The van der Waals surface area contributed by atoms with Gasteiger partial charge < -0.3 is 19.9 Å². The molecule has 2 rings (SSSR count). The number of ether oxygens (including phenoxy) is 2. The molecule has 1 atom stereocenters. The molecule has 27 heavy (non-hydrogen) atoms. The van der Waals surface area contributed by atoms with Gasteiger partial charge in [0.15, 0.2) is 11.5 Å². The van der Waals surface area contributed by atoms with Gasteiger partial charge in [0, 0.05) is 11.3 Å². The van der Waals surface area contributed by atoms with Gasteiger partial charge in [0.2, 0.25) is 0 Å². The van der Waals surface area contributed by atoms with E-state index < -0.39 is 11.9 Å². The lowest BCUT2D eigenvalue weighted by atomic mass is 10.0. The van der Waals surface area contributed by atoms with Crippen molar-refractivity contribution >= 4 is 17.6 Å². The maximum Gasteiger partial charge on any atom is 0.306 e. The Bertz CT molecular complexity index is 786. The van der Waals surface area contributed by atoms with Crippen molar-refractivity contribution in [3.63, 3.8) is 0 Å². The van der Waals surface area contributed by atoms with Gasteiger partial charge in [-0.1, -0.05) is 19.1 Å². The number of carbonyl (C=O) groups excluding carboxylic acids is 1. The van der Waals surface area contributed by atoms with Crippen molar-refractivity contribution in [1.29, 1.82) is 0 Å². The normalized spacial score (nSPS) is 11.5. The Balaban J connectivity index is 2.08. The third-order valence-electron chi connectivity index (χ3n) is 3.98. The third-order valence-corrected chi connectivity index (χ3v) is 3.98. The van der Waals surface area contributed by atoms with Crippen LogP contribution in [0.15, 0.2) is 42.5 Å². The van der Waals surface area contributed by atoms with Gasteiger partial charge in [0.25, 0.3) is 5.91 Å². The molecule has 2 aromatic carbocycles. The molecule has 0 saturated heterocycles. The van der Waals surface area contributed by atoms with Gasteiger partial charge in [-0.3, -0.25) is 9.59 Å². The highest BCUT2D eigenvalue weighted by Gasteiger charge is 2.13. The maximum atomic E-state index is 12.5. The number of carboxylic acids is 1. The Kier molecular flexibility index (Phi) is 7.23. The minimum absolute atomic E-state index is 0.259. The number of nitrogens with one attached hydrogen (secondary N) is 1. The smallest absolute Gasteiger partial charge is 0.306 e. The van der Waals surface area contributed by atoms with Crippen LogP contribution < -0.4 is 14.8 Å². The van der Waals surface area contributed by atoms with Crippen molar-refractivity contribution in [1.82, 2.24) is 0 Å². The monoisotopic (exact) mass is 371 g/mol. The van der Waals surface area contributed by atoms with Crippen molar-refractivity contribution in [3.05, 3.63) is 53.6 Å². The summed E-state index contributed by atoms with van der Waals surface area (Å²) >= 11 is 0. The molecule has 0 heterocycles. The quantitative estimate of drug-likeness (QED) is 0.696. The molecule has 0 fully saturated rings. The average Bonchev–Trinajstić information content (AvgIpc) is 2.65. The van der Waals surface area contributed by atoms with Crippen LogP contribution in [0.2, 0.25) is 0 Å². The van der Waals surface area contributed by atoms with Gasteiger partial charge in [-0.05, 0) is 56.2 Å². The second-order valence-electron chi connectivity index (χ2n) is 6.12. The van der Waals surface area contributed by atoms with Crippen LogP contribution in [-0.4, -0.2) is 30.2 Å². The minimum atomic E-state index is -0.826. The Hall–Kier alpha value is -3.02. The molecule has 0 aliphatic rings. The number of amides is 1. The first-order valence-corrected chi connectivity index (χ1v) is 8.97. The summed E-state index contributed by atoms with van der Waals surface area (Å²) in [5, 5.41) is 11.8. The number of carbonyl (C=O) groups is 2. The summed E-state index contributed by atoms with van der Waals surface area (Å²) < 4.78 is 11.1. The van der Waals surface area contributed by atoms with Gasteiger partial charge in [0.05, 0.1) is 19.1 Å². The first-order chi connectivity index (χ1) is 12.9. The molecule has 0 aromatic heterocycles. The van der Waals surface area contributed by atoms with Crippen LogP contribution in [0.5, 0.6) is 11.5 Å². The van der Waals surface area contributed by atoms with Crippen LogP contribution in [-0.2, 0) is 11.2 Å². The molecular weight excluding hydrogens is 346 g/mol. The molecular formula is C21H25NO5. The first-order valence-electron chi connectivity index (χ1n) is 8.97. The van der Waals surface area contributed by atoms with E-state index in [2.05, 4.69) is 5.32 Å². The number of anilines is 1. The second kappa shape index (κ2) is 9.62. The number of rotatable bonds is 9. The highest BCUT2D eigenvalue weighted by atomic mass is 16.5. The molecule has 0 aliphatic carbocycles. The molecule has 1 amide bonds. The van der Waals surface area contributed by atoms with Crippen LogP contribution >= 0.6 is 0 Å². The average molecular weight is 371 g/mol. The van der Waals surface area contributed by atoms with Crippen LogP contribution in [0.25, 0.3) is 0 Å². The van der Waals surface area contributed by atoms with E-state index in [4.69, 9.17) is 14.6 Å². The van der Waals surface area contributed by atoms with Crippen molar-refractivity contribution < 1.29 is 24.2 Å². The van der Waals surface area contributed by atoms with Crippen molar-refractivity contribution in [3.8, 4) is 11.5 Å². The summed E-state index contributed by atoms with van der Waals surface area (Å²) in [7, 11) is 0. The van der Waals surface area contributed by atoms with Crippen LogP contribution in [0.4, 0.5) is 5.69 Å². The molecule has 1 unspecified atom stereocenters. The lowest BCUT2D eigenvalue weighted by Gasteiger charge is -2.13. The molecule has 0 bridgehead atoms. The Morgan fingerprint density at radius 2 is 1.63 bits per heavy atom. The van der Waals surface area contributed by atoms with Crippen molar-refractivity contribution in [2.45, 2.75) is 27.2 Å². The molecule has 144 valence electrons. The Morgan fingerprint density at radius 3 is 2.22 bits per heavy atom. The SMILES string of the molecule is CCOc1ccc(C(=O)Nc2ccc(CC(C)C(=O)O)cc2)cc1OCC. The van der Waals surface area contributed by atoms with Gasteiger partial charge in [-0.2, -0.15) is 0 Å². The lowest BCUT2D eigenvalue weighted by Crippen LogP contribution is -2.13. The van der Waals surface area contributed by atoms with Gasteiger partial charge in [-0.15, -0.1) is 0 Å². The van der Waals surface area contributed by atoms with Crippen LogP contribution in [0, 0.1) is 5.92 Å². The van der Waals surface area contributed by atoms with E-state index in [1.54, 1.807) is 37.3 Å². The highest BCUT2D eigenvalue weighted by Crippen LogP contribution is 2.29. The van der Waals surface area contributed by atoms with E-state index in [0.717, 1.165) is 5.56 Å². The van der Waals surface area contributed by atoms with E-state index in [1.165, 1.54) is 0 Å². The number of benzene rings is 2. The van der Waals surface area contributed by atoms with Crippen molar-refractivity contribution in [2.24, 2.45) is 5.92 Å². The van der Waals surface area contributed by atoms with E-state index >= 15 is 0 Å². The Morgan fingerprint density at radius 1 is 1.00 bits per heavy atom. The van der Waals surface area contributed by atoms with E-state index in [9.17, 15) is 9.59 Å². The number of aliphatic carboxylic acids is 1. The van der Waals surface area contributed by atoms with E-state index in [-0.39, 0.29) is 5.91 Å². The maximum absolute atomic E-state index is 12.5. The van der Waals surface area contributed by atoms with E-state index in [1.807, 2.05) is 26.0 Å². The molecule has 0 spiro atoms. The zero-order valence-electron chi connectivity index (χ0n) is 15.8. The summed E-state index contributed by atoms with van der Waals surface area (Å²) in [6.07, 6.45) is 0.445. The molecule has 2 aromatic rings. The topological polar surface area (TPSA) is 84.9 Å². The first kappa shape index (κ1) is 20.3.